The lowest BCUT2D eigenvalue weighted by molar-refractivity contribution is 0.343. The predicted octanol–water partition coefficient (Wildman–Crippen LogP) is 2.18. The summed E-state index contributed by atoms with van der Waals surface area (Å²) in [6, 6.07) is 0. The summed E-state index contributed by atoms with van der Waals surface area (Å²) in [7, 11) is 0. The van der Waals surface area contributed by atoms with Crippen LogP contribution >= 0.6 is 0 Å². The third-order valence-corrected chi connectivity index (χ3v) is 2.27. The zero-order valence-electron chi connectivity index (χ0n) is 7.92. The van der Waals surface area contributed by atoms with E-state index in [1.54, 1.807) is 0 Å². The maximum atomic E-state index is 5.45. The molecule has 0 atom stereocenters. The van der Waals surface area contributed by atoms with E-state index in [2.05, 4.69) is 37.7 Å². The van der Waals surface area contributed by atoms with Gasteiger partial charge < -0.3 is 9.30 Å². The quantitative estimate of drug-likeness (QED) is 0.574. The first-order valence-electron chi connectivity index (χ1n) is 4.41. The molecule has 0 fully saturated rings. The largest absolute Gasteiger partial charge is 0.491 e. The van der Waals surface area contributed by atoms with Gasteiger partial charge in [-0.05, 0) is 20.8 Å². The van der Waals surface area contributed by atoms with Crippen molar-refractivity contribution in [3.63, 3.8) is 0 Å². The van der Waals surface area contributed by atoms with Crippen molar-refractivity contribution >= 4 is 0 Å². The molecule has 66 valence electrons. The van der Waals surface area contributed by atoms with Crippen LogP contribution in [0.15, 0.2) is 12.4 Å². The van der Waals surface area contributed by atoms with Gasteiger partial charge in [0.25, 0.3) is 0 Å². The molecule has 0 saturated heterocycles. The number of ether oxygens (including phenoxy) is 1. The van der Waals surface area contributed by atoms with E-state index in [4.69, 9.17) is 4.74 Å². The normalized spacial score (nSPS) is 15.9. The SMILES string of the molecule is CC(C)(C)n1cc2c(c1)OCC2. The summed E-state index contributed by atoms with van der Waals surface area (Å²) in [6.07, 6.45) is 5.36. The average Bonchev–Trinajstić information content (AvgIpc) is 2.37. The molecule has 0 aliphatic carbocycles. The molecule has 0 amide bonds. The summed E-state index contributed by atoms with van der Waals surface area (Å²) < 4.78 is 7.67. The van der Waals surface area contributed by atoms with Crippen molar-refractivity contribution in [2.75, 3.05) is 6.61 Å². The molecule has 0 radical (unpaired) electrons. The zero-order valence-corrected chi connectivity index (χ0v) is 7.92. The first-order valence-corrected chi connectivity index (χ1v) is 4.41. The Morgan fingerprint density at radius 3 is 2.67 bits per heavy atom. The smallest absolute Gasteiger partial charge is 0.140 e. The van der Waals surface area contributed by atoms with Gasteiger partial charge in [-0.2, -0.15) is 0 Å². The Hall–Kier alpha value is -0.920. The Balaban J connectivity index is 2.38. The van der Waals surface area contributed by atoms with Crippen molar-refractivity contribution in [2.45, 2.75) is 32.7 Å². The van der Waals surface area contributed by atoms with Gasteiger partial charge in [-0.15, -0.1) is 0 Å². The Labute approximate surface area is 73.1 Å². The lowest BCUT2D eigenvalue weighted by atomic mass is 10.1. The minimum atomic E-state index is 0.174. The highest BCUT2D eigenvalue weighted by molar-refractivity contribution is 5.34. The van der Waals surface area contributed by atoms with Crippen LogP contribution in [0, 0.1) is 0 Å². The van der Waals surface area contributed by atoms with Crippen LogP contribution < -0.4 is 4.74 Å². The highest BCUT2D eigenvalue weighted by Gasteiger charge is 2.19. The van der Waals surface area contributed by atoms with Crippen LogP contribution in [0.4, 0.5) is 0 Å². The van der Waals surface area contributed by atoms with Crippen molar-refractivity contribution in [2.24, 2.45) is 0 Å². The Morgan fingerprint density at radius 2 is 2.08 bits per heavy atom. The minimum Gasteiger partial charge on any atom is -0.491 e. The number of aromatic nitrogens is 1. The summed E-state index contributed by atoms with van der Waals surface area (Å²) in [6.45, 7) is 7.45. The molecule has 0 aromatic carbocycles. The number of fused-ring (bicyclic) bond motifs is 1. The molecule has 12 heavy (non-hydrogen) atoms. The van der Waals surface area contributed by atoms with Crippen molar-refractivity contribution in [1.29, 1.82) is 0 Å². The number of rotatable bonds is 0. The predicted molar refractivity (Wildman–Crippen MR) is 48.6 cm³/mol. The van der Waals surface area contributed by atoms with E-state index in [0.717, 1.165) is 18.8 Å². The van der Waals surface area contributed by atoms with E-state index >= 15 is 0 Å². The van der Waals surface area contributed by atoms with Crippen LogP contribution in [-0.4, -0.2) is 11.2 Å². The molecule has 0 N–H and O–H groups in total. The summed E-state index contributed by atoms with van der Waals surface area (Å²) in [5, 5.41) is 0. The lowest BCUT2D eigenvalue weighted by Gasteiger charge is -2.20. The zero-order chi connectivity index (χ0) is 8.77. The molecule has 2 rings (SSSR count). The van der Waals surface area contributed by atoms with Crippen LogP contribution in [0.2, 0.25) is 0 Å². The van der Waals surface area contributed by atoms with E-state index in [9.17, 15) is 0 Å². The summed E-state index contributed by atoms with van der Waals surface area (Å²) in [4.78, 5) is 0. The monoisotopic (exact) mass is 165 g/mol. The van der Waals surface area contributed by atoms with Gasteiger partial charge in [-0.3, -0.25) is 0 Å². The summed E-state index contributed by atoms with van der Waals surface area (Å²) >= 11 is 0. The van der Waals surface area contributed by atoms with Crippen LogP contribution in [0.25, 0.3) is 0 Å². The van der Waals surface area contributed by atoms with E-state index < -0.39 is 0 Å². The third kappa shape index (κ3) is 1.11. The topological polar surface area (TPSA) is 14.2 Å². The second-order valence-electron chi connectivity index (χ2n) is 4.32. The van der Waals surface area contributed by atoms with Crippen LogP contribution in [0.3, 0.4) is 0 Å². The van der Waals surface area contributed by atoms with Gasteiger partial charge in [0, 0.05) is 29.9 Å². The minimum absolute atomic E-state index is 0.174. The standard InChI is InChI=1S/C10H15NO/c1-10(2,3)11-6-8-4-5-12-9(8)7-11/h6-7H,4-5H2,1-3H3. The molecule has 2 heteroatoms. The molecular formula is C10H15NO. The van der Waals surface area contributed by atoms with Crippen LogP contribution in [-0.2, 0) is 12.0 Å². The molecule has 0 unspecified atom stereocenters. The maximum Gasteiger partial charge on any atom is 0.140 e. The van der Waals surface area contributed by atoms with Crippen molar-refractivity contribution in [3.05, 3.63) is 18.0 Å². The molecule has 0 spiro atoms. The Bertz CT molecular complexity index is 272. The molecule has 1 aromatic rings. The number of hydrogen-bond acceptors (Lipinski definition) is 1. The van der Waals surface area contributed by atoms with Crippen LogP contribution in [0.5, 0.6) is 5.75 Å². The highest BCUT2D eigenvalue weighted by Crippen LogP contribution is 2.29. The van der Waals surface area contributed by atoms with Gasteiger partial charge in [0.15, 0.2) is 0 Å². The van der Waals surface area contributed by atoms with Gasteiger partial charge in [-0.25, -0.2) is 0 Å². The molecule has 1 aliphatic rings. The van der Waals surface area contributed by atoms with E-state index in [1.807, 2.05) is 0 Å². The van der Waals surface area contributed by atoms with E-state index in [1.165, 1.54) is 5.56 Å². The van der Waals surface area contributed by atoms with E-state index in [-0.39, 0.29) is 5.54 Å². The second-order valence-corrected chi connectivity index (χ2v) is 4.32. The van der Waals surface area contributed by atoms with Gasteiger partial charge in [0.05, 0.1) is 6.61 Å². The fourth-order valence-corrected chi connectivity index (χ4v) is 1.45. The summed E-state index contributed by atoms with van der Waals surface area (Å²) in [5.74, 6) is 1.07. The Morgan fingerprint density at radius 1 is 1.33 bits per heavy atom. The number of hydrogen-bond donors (Lipinski definition) is 0. The fraction of sp³-hybridized carbons (Fsp3) is 0.600. The van der Waals surface area contributed by atoms with Crippen molar-refractivity contribution in [1.82, 2.24) is 4.57 Å². The first-order chi connectivity index (χ1) is 5.57. The molecule has 1 aromatic heterocycles. The number of nitrogens with zero attached hydrogens (tertiary/aromatic N) is 1. The van der Waals surface area contributed by atoms with Gasteiger partial charge in [0.1, 0.15) is 5.75 Å². The fourth-order valence-electron chi connectivity index (χ4n) is 1.45. The highest BCUT2D eigenvalue weighted by atomic mass is 16.5. The van der Waals surface area contributed by atoms with Gasteiger partial charge in [-0.1, -0.05) is 0 Å². The van der Waals surface area contributed by atoms with E-state index in [0.29, 0.717) is 0 Å². The molecule has 0 bridgehead atoms. The molecule has 1 aliphatic heterocycles. The van der Waals surface area contributed by atoms with Gasteiger partial charge >= 0.3 is 0 Å². The first kappa shape index (κ1) is 7.71. The average molecular weight is 165 g/mol. The molecular weight excluding hydrogens is 150 g/mol. The van der Waals surface area contributed by atoms with Crippen molar-refractivity contribution < 1.29 is 4.74 Å². The van der Waals surface area contributed by atoms with Crippen LogP contribution in [0.1, 0.15) is 26.3 Å². The van der Waals surface area contributed by atoms with Gasteiger partial charge in [0.2, 0.25) is 0 Å². The third-order valence-electron chi connectivity index (χ3n) is 2.27. The molecule has 0 saturated carbocycles. The molecule has 2 nitrogen and oxygen atoms in total. The van der Waals surface area contributed by atoms with Crippen molar-refractivity contribution in [3.8, 4) is 5.75 Å². The maximum absolute atomic E-state index is 5.45. The Kier molecular flexibility index (Phi) is 1.47. The lowest BCUT2D eigenvalue weighted by Crippen LogP contribution is -2.19. The summed E-state index contributed by atoms with van der Waals surface area (Å²) in [5.41, 5.74) is 1.53. The second kappa shape index (κ2) is 2.28. The molecule has 2 heterocycles.